The third kappa shape index (κ3) is 9.33. The Balaban J connectivity index is 1.80. The number of nitrogens with one attached hydrogen (secondary N) is 1. The molecule has 45 heavy (non-hydrogen) atoms. The van der Waals surface area contributed by atoms with Gasteiger partial charge in [0, 0.05) is 24.0 Å². The van der Waals surface area contributed by atoms with Crippen LogP contribution in [-0.2, 0) is 32.6 Å². The molecule has 236 valence electrons. The summed E-state index contributed by atoms with van der Waals surface area (Å²) in [6, 6.07) is 28.0. The van der Waals surface area contributed by atoms with Crippen LogP contribution in [0.5, 0.6) is 0 Å². The minimum atomic E-state index is -4.18. The van der Waals surface area contributed by atoms with Crippen LogP contribution in [0, 0.1) is 5.92 Å². The fraction of sp³-hybridized carbons (Fsp3) is 0.235. The van der Waals surface area contributed by atoms with Crippen molar-refractivity contribution in [3.63, 3.8) is 0 Å². The first kappa shape index (κ1) is 34.5. The molecular formula is C34H34BrCl2N3O4S. The molecule has 0 heterocycles. The number of sulfonamides is 1. The number of amides is 2. The number of nitrogens with zero attached hydrogens (tertiary/aromatic N) is 2. The van der Waals surface area contributed by atoms with E-state index in [-0.39, 0.29) is 29.7 Å². The molecule has 0 radical (unpaired) electrons. The van der Waals surface area contributed by atoms with Gasteiger partial charge in [-0.2, -0.15) is 0 Å². The van der Waals surface area contributed by atoms with E-state index in [1.807, 2.05) is 44.2 Å². The molecular weight excluding hydrogens is 697 g/mol. The van der Waals surface area contributed by atoms with Crippen LogP contribution in [0.1, 0.15) is 25.0 Å². The summed E-state index contributed by atoms with van der Waals surface area (Å²) in [7, 11) is -4.18. The molecule has 0 fully saturated rings. The Morgan fingerprint density at radius 1 is 0.822 bits per heavy atom. The predicted octanol–water partition coefficient (Wildman–Crippen LogP) is 7.36. The van der Waals surface area contributed by atoms with Gasteiger partial charge in [-0.25, -0.2) is 8.42 Å². The van der Waals surface area contributed by atoms with Crippen LogP contribution >= 0.6 is 39.1 Å². The number of benzene rings is 4. The molecule has 4 aromatic rings. The number of anilines is 1. The van der Waals surface area contributed by atoms with Gasteiger partial charge in [0.15, 0.2) is 0 Å². The normalized spacial score (nSPS) is 12.0. The first-order valence-electron chi connectivity index (χ1n) is 14.3. The van der Waals surface area contributed by atoms with Crippen molar-refractivity contribution in [3.8, 4) is 0 Å². The minimum Gasteiger partial charge on any atom is -0.354 e. The van der Waals surface area contributed by atoms with E-state index in [0.29, 0.717) is 27.8 Å². The molecule has 1 atom stereocenters. The molecule has 0 unspecified atom stereocenters. The van der Waals surface area contributed by atoms with Crippen molar-refractivity contribution in [2.24, 2.45) is 5.92 Å². The Kier molecular flexibility index (Phi) is 12.1. The van der Waals surface area contributed by atoms with E-state index in [4.69, 9.17) is 23.2 Å². The zero-order chi connectivity index (χ0) is 32.6. The lowest BCUT2D eigenvalue weighted by Crippen LogP contribution is -2.53. The van der Waals surface area contributed by atoms with Crippen LogP contribution in [0.25, 0.3) is 0 Å². The summed E-state index contributed by atoms with van der Waals surface area (Å²) in [5, 5.41) is 3.63. The highest BCUT2D eigenvalue weighted by Crippen LogP contribution is 2.28. The molecule has 11 heteroatoms. The maximum Gasteiger partial charge on any atom is 0.264 e. The lowest BCUT2D eigenvalue weighted by molar-refractivity contribution is -0.140. The average Bonchev–Trinajstić information content (AvgIpc) is 3.03. The smallest absolute Gasteiger partial charge is 0.264 e. The summed E-state index contributed by atoms with van der Waals surface area (Å²) in [5.74, 6) is -0.736. The molecule has 4 rings (SSSR count). The summed E-state index contributed by atoms with van der Waals surface area (Å²) in [6.45, 7) is 3.81. The largest absolute Gasteiger partial charge is 0.354 e. The van der Waals surface area contributed by atoms with Gasteiger partial charge in [0.05, 0.1) is 20.6 Å². The second-order valence-electron chi connectivity index (χ2n) is 10.9. The van der Waals surface area contributed by atoms with E-state index in [1.165, 1.54) is 17.0 Å². The number of halogens is 3. The number of rotatable bonds is 13. The number of hydrogen-bond acceptors (Lipinski definition) is 4. The lowest BCUT2D eigenvalue weighted by atomic mass is 10.0. The van der Waals surface area contributed by atoms with Crippen LogP contribution in [0.3, 0.4) is 0 Å². The molecule has 7 nitrogen and oxygen atoms in total. The van der Waals surface area contributed by atoms with Crippen molar-refractivity contribution in [1.82, 2.24) is 10.2 Å². The summed E-state index contributed by atoms with van der Waals surface area (Å²) in [5.41, 5.74) is 1.78. The Morgan fingerprint density at radius 3 is 2.04 bits per heavy atom. The Labute approximate surface area is 283 Å². The van der Waals surface area contributed by atoms with Crippen LogP contribution < -0.4 is 9.62 Å². The summed E-state index contributed by atoms with van der Waals surface area (Å²) >= 11 is 15.9. The minimum absolute atomic E-state index is 0.0120. The summed E-state index contributed by atoms with van der Waals surface area (Å²) in [4.78, 5) is 29.8. The van der Waals surface area contributed by atoms with Gasteiger partial charge in [0.1, 0.15) is 12.6 Å². The fourth-order valence-corrected chi connectivity index (χ4v) is 6.69. The van der Waals surface area contributed by atoms with Gasteiger partial charge in [0.2, 0.25) is 11.8 Å². The molecule has 0 aliphatic carbocycles. The highest BCUT2D eigenvalue weighted by molar-refractivity contribution is 9.10. The van der Waals surface area contributed by atoms with Gasteiger partial charge >= 0.3 is 0 Å². The van der Waals surface area contributed by atoms with Crippen LogP contribution in [-0.4, -0.2) is 44.3 Å². The Hall–Kier alpha value is -3.37. The zero-order valence-corrected chi connectivity index (χ0v) is 28.8. The zero-order valence-electron chi connectivity index (χ0n) is 24.9. The van der Waals surface area contributed by atoms with E-state index in [2.05, 4.69) is 21.2 Å². The number of hydrogen-bond donors (Lipinski definition) is 1. The summed E-state index contributed by atoms with van der Waals surface area (Å²) < 4.78 is 29.9. The van der Waals surface area contributed by atoms with E-state index in [1.54, 1.807) is 60.7 Å². The summed E-state index contributed by atoms with van der Waals surface area (Å²) in [6.07, 6.45) is 0.210. The second-order valence-corrected chi connectivity index (χ2v) is 14.5. The molecule has 0 spiro atoms. The first-order chi connectivity index (χ1) is 21.5. The number of carbonyl (C=O) groups is 2. The lowest BCUT2D eigenvalue weighted by Gasteiger charge is -2.34. The standard InChI is InChI=1S/C34H34BrCl2N3O4S/c1-24(2)21-38-34(42)32(20-25-9-5-3-6-10-25)39(22-26-13-18-30(36)31(37)19-26)33(41)23-40(28-16-14-27(35)15-17-28)45(43,44)29-11-7-4-8-12-29/h3-19,24,32H,20-23H2,1-2H3,(H,38,42)/t32-/m1/s1. The molecule has 0 aromatic heterocycles. The molecule has 0 aliphatic rings. The van der Waals surface area contributed by atoms with Crippen LogP contribution in [0.2, 0.25) is 10.0 Å². The molecule has 0 aliphatic heterocycles. The van der Waals surface area contributed by atoms with Gasteiger partial charge in [-0.05, 0) is 65.6 Å². The third-order valence-corrected chi connectivity index (χ3v) is 10.1. The van der Waals surface area contributed by atoms with Crippen LogP contribution in [0.4, 0.5) is 5.69 Å². The highest BCUT2D eigenvalue weighted by atomic mass is 79.9. The molecule has 0 saturated heterocycles. The van der Waals surface area contributed by atoms with Gasteiger partial charge in [-0.15, -0.1) is 0 Å². The molecule has 4 aromatic carbocycles. The van der Waals surface area contributed by atoms with E-state index < -0.39 is 28.5 Å². The van der Waals surface area contributed by atoms with Crippen molar-refractivity contribution in [2.75, 3.05) is 17.4 Å². The van der Waals surface area contributed by atoms with Crippen molar-refractivity contribution in [3.05, 3.63) is 129 Å². The van der Waals surface area contributed by atoms with Gasteiger partial charge in [0.25, 0.3) is 10.0 Å². The van der Waals surface area contributed by atoms with E-state index in [0.717, 1.165) is 14.3 Å². The highest BCUT2D eigenvalue weighted by Gasteiger charge is 2.34. The van der Waals surface area contributed by atoms with Crippen molar-refractivity contribution >= 4 is 66.7 Å². The van der Waals surface area contributed by atoms with Crippen molar-refractivity contribution < 1.29 is 18.0 Å². The van der Waals surface area contributed by atoms with Crippen LogP contribution in [0.15, 0.2) is 112 Å². The average molecular weight is 732 g/mol. The monoisotopic (exact) mass is 729 g/mol. The van der Waals surface area contributed by atoms with Crippen molar-refractivity contribution in [1.29, 1.82) is 0 Å². The quantitative estimate of drug-likeness (QED) is 0.156. The molecule has 2 amide bonds. The first-order valence-corrected chi connectivity index (χ1v) is 17.3. The third-order valence-electron chi connectivity index (χ3n) is 7.02. The van der Waals surface area contributed by atoms with E-state index >= 15 is 0 Å². The molecule has 0 bridgehead atoms. The van der Waals surface area contributed by atoms with Gasteiger partial charge in [-0.3, -0.25) is 13.9 Å². The van der Waals surface area contributed by atoms with Crippen molar-refractivity contribution in [2.45, 2.75) is 37.8 Å². The molecule has 0 saturated carbocycles. The molecule has 1 N–H and O–H groups in total. The Bertz CT molecular complexity index is 1710. The van der Waals surface area contributed by atoms with Gasteiger partial charge < -0.3 is 10.2 Å². The SMILES string of the molecule is CC(C)CNC(=O)[C@@H](Cc1ccccc1)N(Cc1ccc(Cl)c(Cl)c1)C(=O)CN(c1ccc(Br)cc1)S(=O)(=O)c1ccccc1. The van der Waals surface area contributed by atoms with E-state index in [9.17, 15) is 18.0 Å². The Morgan fingerprint density at radius 2 is 1.44 bits per heavy atom. The maximum atomic E-state index is 14.5. The predicted molar refractivity (Wildman–Crippen MR) is 184 cm³/mol. The van der Waals surface area contributed by atoms with Gasteiger partial charge in [-0.1, -0.05) is 108 Å². The topological polar surface area (TPSA) is 86.8 Å². The second kappa shape index (κ2) is 15.8. The maximum absolute atomic E-state index is 14.5. The fourth-order valence-electron chi connectivity index (χ4n) is 4.67. The number of carbonyl (C=O) groups excluding carboxylic acids is 2.